The van der Waals surface area contributed by atoms with Gasteiger partial charge in [0.1, 0.15) is 5.60 Å². The van der Waals surface area contributed by atoms with Crippen molar-refractivity contribution in [3.8, 4) is 0 Å². The molecule has 1 saturated carbocycles. The summed E-state index contributed by atoms with van der Waals surface area (Å²) in [5.41, 5.74) is 2.25. The van der Waals surface area contributed by atoms with Gasteiger partial charge in [-0.15, -0.1) is 10.2 Å². The molecule has 0 atom stereocenters. The first-order valence-corrected chi connectivity index (χ1v) is 10.9. The van der Waals surface area contributed by atoms with E-state index in [1.54, 1.807) is 4.52 Å². The molecule has 1 spiro atoms. The largest absolute Gasteiger partial charge is 0.441 e. The Hall–Kier alpha value is -2.71. The lowest BCUT2D eigenvalue weighted by molar-refractivity contribution is 0.0259. The number of carbonyl (C=O) groups is 2. The van der Waals surface area contributed by atoms with Gasteiger partial charge >= 0.3 is 6.09 Å². The molecule has 2 saturated heterocycles. The second-order valence-corrected chi connectivity index (χ2v) is 8.95. The van der Waals surface area contributed by atoms with E-state index in [2.05, 4.69) is 15.3 Å². The van der Waals surface area contributed by atoms with Gasteiger partial charge in [-0.3, -0.25) is 4.79 Å². The number of nitrogens with zero attached hydrogens (tertiary/aromatic N) is 6. The van der Waals surface area contributed by atoms with Gasteiger partial charge in [-0.1, -0.05) is 6.42 Å². The van der Waals surface area contributed by atoms with Crippen LogP contribution in [-0.2, 0) is 4.74 Å². The monoisotopic (exact) mass is 412 g/mol. The lowest BCUT2D eigenvalue weighted by Gasteiger charge is -2.36. The number of likely N-dealkylation sites (tertiary alicyclic amines) is 1. The SMILES string of the molecule is Cc1cc2nnc(C(=O)N3CCC(N4CC5(CCCCC5)OC4=O)CC3)c(C)n2n1. The topological polar surface area (TPSA) is 92.9 Å². The fourth-order valence-electron chi connectivity index (χ4n) is 5.19. The molecule has 30 heavy (non-hydrogen) atoms. The van der Waals surface area contributed by atoms with Gasteiger partial charge in [-0.2, -0.15) is 5.10 Å². The van der Waals surface area contributed by atoms with Gasteiger partial charge < -0.3 is 14.5 Å². The molecule has 0 N–H and O–H groups in total. The number of aromatic nitrogens is 4. The van der Waals surface area contributed by atoms with E-state index in [9.17, 15) is 9.59 Å². The number of fused-ring (bicyclic) bond motifs is 1. The van der Waals surface area contributed by atoms with Gasteiger partial charge in [0.15, 0.2) is 11.3 Å². The minimum atomic E-state index is -0.272. The molecular weight excluding hydrogens is 384 g/mol. The predicted molar refractivity (Wildman–Crippen MR) is 108 cm³/mol. The highest BCUT2D eigenvalue weighted by molar-refractivity contribution is 5.93. The van der Waals surface area contributed by atoms with Crippen molar-refractivity contribution in [3.63, 3.8) is 0 Å². The molecule has 9 nitrogen and oxygen atoms in total. The Labute approximate surface area is 175 Å². The zero-order chi connectivity index (χ0) is 20.9. The van der Waals surface area contributed by atoms with Crippen LogP contribution in [0.25, 0.3) is 5.65 Å². The van der Waals surface area contributed by atoms with E-state index in [1.807, 2.05) is 29.7 Å². The lowest BCUT2D eigenvalue weighted by atomic mass is 9.84. The molecule has 3 aliphatic rings. The van der Waals surface area contributed by atoms with Crippen molar-refractivity contribution < 1.29 is 14.3 Å². The van der Waals surface area contributed by atoms with Crippen LogP contribution in [0, 0.1) is 13.8 Å². The van der Waals surface area contributed by atoms with Crippen molar-refractivity contribution in [1.82, 2.24) is 29.6 Å². The minimum Gasteiger partial charge on any atom is -0.441 e. The molecule has 160 valence electrons. The van der Waals surface area contributed by atoms with E-state index >= 15 is 0 Å². The first-order valence-electron chi connectivity index (χ1n) is 10.9. The third kappa shape index (κ3) is 3.20. The molecule has 4 heterocycles. The summed E-state index contributed by atoms with van der Waals surface area (Å²) in [6.07, 6.45) is 6.77. The maximum Gasteiger partial charge on any atom is 0.410 e. The molecule has 0 unspecified atom stereocenters. The first-order chi connectivity index (χ1) is 14.5. The first kappa shape index (κ1) is 19.3. The second-order valence-electron chi connectivity index (χ2n) is 8.95. The Morgan fingerprint density at radius 3 is 2.60 bits per heavy atom. The van der Waals surface area contributed by atoms with Gasteiger partial charge in [-0.05, 0) is 52.4 Å². The average Bonchev–Trinajstić information content (AvgIpc) is 3.28. The third-order valence-corrected chi connectivity index (χ3v) is 6.88. The van der Waals surface area contributed by atoms with E-state index in [1.165, 1.54) is 6.42 Å². The summed E-state index contributed by atoms with van der Waals surface area (Å²) in [7, 11) is 0. The highest BCUT2D eigenvalue weighted by Gasteiger charge is 2.48. The standard InChI is InChI=1S/C21H28N6O3/c1-14-12-17-22-23-18(15(2)27(17)24-14)19(28)25-10-6-16(7-11-25)26-13-21(30-20(26)29)8-4-3-5-9-21/h12,16H,3-11,13H2,1-2H3. The van der Waals surface area contributed by atoms with Crippen LogP contribution >= 0.6 is 0 Å². The summed E-state index contributed by atoms with van der Waals surface area (Å²) in [5, 5.41) is 12.7. The van der Waals surface area contributed by atoms with Crippen LogP contribution in [0.5, 0.6) is 0 Å². The van der Waals surface area contributed by atoms with Crippen molar-refractivity contribution in [3.05, 3.63) is 23.1 Å². The molecule has 3 fully saturated rings. The predicted octanol–water partition coefficient (Wildman–Crippen LogP) is 2.50. The van der Waals surface area contributed by atoms with Crippen LogP contribution in [0.4, 0.5) is 4.79 Å². The number of aryl methyl sites for hydroxylation is 2. The Morgan fingerprint density at radius 1 is 1.13 bits per heavy atom. The van der Waals surface area contributed by atoms with Gasteiger partial charge in [-0.25, -0.2) is 9.31 Å². The van der Waals surface area contributed by atoms with Crippen molar-refractivity contribution in [2.24, 2.45) is 0 Å². The Balaban J connectivity index is 1.25. The van der Waals surface area contributed by atoms with E-state index in [4.69, 9.17) is 4.74 Å². The Bertz CT molecular complexity index is 988. The van der Waals surface area contributed by atoms with Crippen molar-refractivity contribution in [2.75, 3.05) is 19.6 Å². The summed E-state index contributed by atoms with van der Waals surface area (Å²) in [6.45, 7) is 5.62. The normalized spacial score (nSPS) is 22.1. The molecule has 5 rings (SSSR count). The summed E-state index contributed by atoms with van der Waals surface area (Å²) < 4.78 is 7.51. The van der Waals surface area contributed by atoms with Gasteiger partial charge in [0.25, 0.3) is 5.91 Å². The van der Waals surface area contributed by atoms with Crippen LogP contribution in [0.15, 0.2) is 6.07 Å². The summed E-state index contributed by atoms with van der Waals surface area (Å²) in [5.74, 6) is -0.124. The van der Waals surface area contributed by atoms with Crippen LogP contribution in [0.3, 0.4) is 0 Å². The van der Waals surface area contributed by atoms with Gasteiger partial charge in [0.2, 0.25) is 0 Å². The highest BCUT2D eigenvalue weighted by Crippen LogP contribution is 2.38. The molecule has 2 amide bonds. The van der Waals surface area contributed by atoms with Crippen LogP contribution in [0.1, 0.15) is 66.8 Å². The maximum absolute atomic E-state index is 13.1. The number of amides is 2. The smallest absolute Gasteiger partial charge is 0.410 e. The van der Waals surface area contributed by atoms with Crippen LogP contribution in [-0.4, -0.2) is 72.9 Å². The van der Waals surface area contributed by atoms with Gasteiger partial charge in [0.05, 0.1) is 17.9 Å². The quantitative estimate of drug-likeness (QED) is 0.752. The molecule has 2 aliphatic heterocycles. The summed E-state index contributed by atoms with van der Waals surface area (Å²) >= 11 is 0. The number of ether oxygens (including phenoxy) is 1. The van der Waals surface area contributed by atoms with Crippen LogP contribution < -0.4 is 0 Å². The number of hydrogen-bond acceptors (Lipinski definition) is 6. The molecule has 9 heteroatoms. The summed E-state index contributed by atoms with van der Waals surface area (Å²) in [4.78, 5) is 29.4. The van der Waals surface area contributed by atoms with E-state index < -0.39 is 0 Å². The number of rotatable bonds is 2. The van der Waals surface area contributed by atoms with Crippen molar-refractivity contribution in [2.45, 2.75) is 70.4 Å². The molecule has 1 aliphatic carbocycles. The fraction of sp³-hybridized carbons (Fsp3) is 0.667. The maximum atomic E-state index is 13.1. The fourth-order valence-corrected chi connectivity index (χ4v) is 5.19. The third-order valence-electron chi connectivity index (χ3n) is 6.88. The zero-order valence-corrected chi connectivity index (χ0v) is 17.6. The number of hydrogen-bond donors (Lipinski definition) is 0. The lowest BCUT2D eigenvalue weighted by Crippen LogP contribution is -2.48. The minimum absolute atomic E-state index is 0.124. The number of piperidine rings is 1. The molecule has 0 bridgehead atoms. The van der Waals surface area contributed by atoms with E-state index in [0.717, 1.165) is 44.2 Å². The van der Waals surface area contributed by atoms with Crippen molar-refractivity contribution in [1.29, 1.82) is 0 Å². The van der Waals surface area contributed by atoms with E-state index in [-0.39, 0.29) is 23.6 Å². The molecule has 0 radical (unpaired) electrons. The zero-order valence-electron chi connectivity index (χ0n) is 17.6. The highest BCUT2D eigenvalue weighted by atomic mass is 16.6. The molecule has 0 aromatic carbocycles. The molecule has 2 aromatic heterocycles. The van der Waals surface area contributed by atoms with Gasteiger partial charge in [0, 0.05) is 25.2 Å². The Morgan fingerprint density at radius 2 is 1.87 bits per heavy atom. The summed E-state index contributed by atoms with van der Waals surface area (Å²) in [6, 6.07) is 1.97. The van der Waals surface area contributed by atoms with Crippen molar-refractivity contribution >= 4 is 17.6 Å². The van der Waals surface area contributed by atoms with Crippen LogP contribution in [0.2, 0.25) is 0 Å². The second kappa shape index (κ2) is 7.21. The van der Waals surface area contributed by atoms with E-state index in [0.29, 0.717) is 36.7 Å². The Kier molecular flexibility index (Phi) is 4.63. The number of carbonyl (C=O) groups excluding carboxylic acids is 2. The molecule has 2 aromatic rings. The molecular formula is C21H28N6O3. The average molecular weight is 412 g/mol.